The summed E-state index contributed by atoms with van der Waals surface area (Å²) in [4.78, 5) is 0. The van der Waals surface area contributed by atoms with E-state index in [0.717, 1.165) is 0 Å². The van der Waals surface area contributed by atoms with Crippen LogP contribution in [-0.4, -0.2) is 19.4 Å². The first-order valence-corrected chi connectivity index (χ1v) is 2.70. The highest BCUT2D eigenvalue weighted by Gasteiger charge is 2.26. The number of rotatable bonds is 3. The van der Waals surface area contributed by atoms with Crippen molar-refractivity contribution in [3.05, 3.63) is 0 Å². The SMILES string of the molecule is CCOCCC(F)(F)F. The quantitative estimate of drug-likeness (QED) is 0.547. The minimum Gasteiger partial charge on any atom is -0.381 e. The van der Waals surface area contributed by atoms with Gasteiger partial charge in [-0.25, -0.2) is 0 Å². The van der Waals surface area contributed by atoms with Crippen LogP contribution in [0.4, 0.5) is 13.2 Å². The van der Waals surface area contributed by atoms with Gasteiger partial charge in [0.15, 0.2) is 0 Å². The van der Waals surface area contributed by atoms with Crippen molar-refractivity contribution in [2.75, 3.05) is 13.2 Å². The summed E-state index contributed by atoms with van der Waals surface area (Å²) >= 11 is 0. The van der Waals surface area contributed by atoms with Crippen LogP contribution in [-0.2, 0) is 4.74 Å². The monoisotopic (exact) mass is 142 g/mol. The first kappa shape index (κ1) is 8.75. The van der Waals surface area contributed by atoms with Crippen molar-refractivity contribution in [2.24, 2.45) is 0 Å². The summed E-state index contributed by atoms with van der Waals surface area (Å²) in [5.41, 5.74) is 0. The lowest BCUT2D eigenvalue weighted by atomic mass is 10.4. The molecule has 0 aromatic carbocycles. The van der Waals surface area contributed by atoms with Crippen molar-refractivity contribution < 1.29 is 17.9 Å². The molecule has 0 aromatic heterocycles. The summed E-state index contributed by atoms with van der Waals surface area (Å²) in [5.74, 6) is 0. The number of hydrogen-bond acceptors (Lipinski definition) is 1. The fourth-order valence-corrected chi connectivity index (χ4v) is 0.332. The van der Waals surface area contributed by atoms with Crippen molar-refractivity contribution in [1.29, 1.82) is 0 Å². The summed E-state index contributed by atoms with van der Waals surface area (Å²) < 4.78 is 38.4. The molecule has 0 aliphatic carbocycles. The molecule has 0 fully saturated rings. The van der Waals surface area contributed by atoms with Gasteiger partial charge >= 0.3 is 6.18 Å². The lowest BCUT2D eigenvalue weighted by molar-refractivity contribution is -0.144. The van der Waals surface area contributed by atoms with Crippen LogP contribution >= 0.6 is 0 Å². The Balaban J connectivity index is 3.07. The van der Waals surface area contributed by atoms with E-state index in [1.807, 2.05) is 0 Å². The van der Waals surface area contributed by atoms with Gasteiger partial charge in [-0.2, -0.15) is 13.2 Å². The average molecular weight is 142 g/mol. The van der Waals surface area contributed by atoms with Gasteiger partial charge in [0, 0.05) is 6.61 Å². The number of halogens is 3. The molecule has 0 amide bonds. The minimum absolute atomic E-state index is 0.222. The number of alkyl halides is 3. The molecular weight excluding hydrogens is 133 g/mol. The zero-order chi connectivity index (χ0) is 7.33. The summed E-state index contributed by atoms with van der Waals surface area (Å²) in [6.07, 6.45) is -4.92. The van der Waals surface area contributed by atoms with Crippen LogP contribution in [0.25, 0.3) is 0 Å². The van der Waals surface area contributed by atoms with Gasteiger partial charge in [-0.3, -0.25) is 0 Å². The van der Waals surface area contributed by atoms with Crippen molar-refractivity contribution in [2.45, 2.75) is 19.5 Å². The highest BCUT2D eigenvalue weighted by molar-refractivity contribution is 4.46. The molecule has 0 saturated carbocycles. The first-order valence-electron chi connectivity index (χ1n) is 2.70. The van der Waals surface area contributed by atoms with Crippen LogP contribution in [0.3, 0.4) is 0 Å². The van der Waals surface area contributed by atoms with E-state index in [0.29, 0.717) is 6.61 Å². The minimum atomic E-state index is -4.07. The maximum atomic E-state index is 11.3. The van der Waals surface area contributed by atoms with Crippen LogP contribution < -0.4 is 0 Å². The highest BCUT2D eigenvalue weighted by Crippen LogP contribution is 2.18. The molecule has 0 aliphatic rings. The van der Waals surface area contributed by atoms with Gasteiger partial charge in [-0.1, -0.05) is 0 Å². The van der Waals surface area contributed by atoms with Crippen LogP contribution in [0, 0.1) is 0 Å². The Morgan fingerprint density at radius 3 is 2.22 bits per heavy atom. The molecule has 9 heavy (non-hydrogen) atoms. The lowest BCUT2D eigenvalue weighted by Crippen LogP contribution is -2.11. The topological polar surface area (TPSA) is 9.23 Å². The molecule has 0 rings (SSSR count). The molecule has 0 saturated heterocycles. The van der Waals surface area contributed by atoms with E-state index in [9.17, 15) is 13.2 Å². The summed E-state index contributed by atoms with van der Waals surface area (Å²) in [5, 5.41) is 0. The Hall–Kier alpha value is -0.250. The molecule has 0 unspecified atom stereocenters. The standard InChI is InChI=1S/C5H9F3O/c1-2-9-4-3-5(6,7)8/h2-4H2,1H3. The maximum Gasteiger partial charge on any atom is 0.391 e. The molecule has 0 radical (unpaired) electrons. The van der Waals surface area contributed by atoms with E-state index < -0.39 is 12.6 Å². The van der Waals surface area contributed by atoms with E-state index in [1.165, 1.54) is 0 Å². The van der Waals surface area contributed by atoms with Gasteiger partial charge < -0.3 is 4.74 Å². The molecule has 4 heteroatoms. The highest BCUT2D eigenvalue weighted by atomic mass is 19.4. The van der Waals surface area contributed by atoms with E-state index in [4.69, 9.17) is 0 Å². The van der Waals surface area contributed by atoms with Gasteiger partial charge in [0.1, 0.15) is 0 Å². The van der Waals surface area contributed by atoms with E-state index in [2.05, 4.69) is 4.74 Å². The second-order valence-corrected chi connectivity index (χ2v) is 1.56. The number of hydrogen-bond donors (Lipinski definition) is 0. The van der Waals surface area contributed by atoms with E-state index >= 15 is 0 Å². The molecule has 0 bridgehead atoms. The second-order valence-electron chi connectivity index (χ2n) is 1.56. The average Bonchev–Trinajstić information content (AvgIpc) is 1.63. The van der Waals surface area contributed by atoms with Crippen LogP contribution in [0.15, 0.2) is 0 Å². The van der Waals surface area contributed by atoms with Gasteiger partial charge in [0.25, 0.3) is 0 Å². The smallest absolute Gasteiger partial charge is 0.381 e. The van der Waals surface area contributed by atoms with Crippen LogP contribution in [0.2, 0.25) is 0 Å². The molecule has 56 valence electrons. The Bertz CT molecular complexity index is 69.1. The molecular formula is C5H9F3O. The predicted molar refractivity (Wildman–Crippen MR) is 27.2 cm³/mol. The Morgan fingerprint density at radius 1 is 1.33 bits per heavy atom. The predicted octanol–water partition coefficient (Wildman–Crippen LogP) is 1.98. The van der Waals surface area contributed by atoms with Gasteiger partial charge in [-0.05, 0) is 6.92 Å². The third-order valence-corrected chi connectivity index (χ3v) is 0.734. The van der Waals surface area contributed by atoms with Gasteiger partial charge in [0.05, 0.1) is 13.0 Å². The molecule has 0 atom stereocenters. The largest absolute Gasteiger partial charge is 0.391 e. The fourth-order valence-electron chi connectivity index (χ4n) is 0.332. The Morgan fingerprint density at radius 2 is 1.89 bits per heavy atom. The van der Waals surface area contributed by atoms with E-state index in [1.54, 1.807) is 6.92 Å². The zero-order valence-electron chi connectivity index (χ0n) is 5.16. The molecule has 0 spiro atoms. The molecule has 0 heterocycles. The van der Waals surface area contributed by atoms with Crippen molar-refractivity contribution in [1.82, 2.24) is 0 Å². The third kappa shape index (κ3) is 7.75. The first-order chi connectivity index (χ1) is 4.06. The normalized spacial score (nSPS) is 12.0. The van der Waals surface area contributed by atoms with E-state index in [-0.39, 0.29) is 6.61 Å². The lowest BCUT2D eigenvalue weighted by Gasteiger charge is -2.04. The van der Waals surface area contributed by atoms with Crippen molar-refractivity contribution >= 4 is 0 Å². The third-order valence-electron chi connectivity index (χ3n) is 0.734. The zero-order valence-corrected chi connectivity index (χ0v) is 5.16. The van der Waals surface area contributed by atoms with Gasteiger partial charge in [0.2, 0.25) is 0 Å². The summed E-state index contributed by atoms with van der Waals surface area (Å²) in [6, 6.07) is 0. The van der Waals surface area contributed by atoms with Crippen molar-refractivity contribution in [3.8, 4) is 0 Å². The Labute approximate surface area is 51.8 Å². The van der Waals surface area contributed by atoms with Gasteiger partial charge in [-0.15, -0.1) is 0 Å². The summed E-state index contributed by atoms with van der Waals surface area (Å²) in [6.45, 7) is 1.78. The summed E-state index contributed by atoms with van der Waals surface area (Å²) in [7, 11) is 0. The molecule has 0 N–H and O–H groups in total. The molecule has 1 nitrogen and oxygen atoms in total. The fraction of sp³-hybridized carbons (Fsp3) is 1.00. The van der Waals surface area contributed by atoms with Crippen LogP contribution in [0.5, 0.6) is 0 Å². The second kappa shape index (κ2) is 3.71. The number of ether oxygens (including phenoxy) is 1. The Kier molecular flexibility index (Phi) is 3.61. The molecule has 0 aromatic rings. The van der Waals surface area contributed by atoms with Crippen molar-refractivity contribution in [3.63, 3.8) is 0 Å². The van der Waals surface area contributed by atoms with Crippen LogP contribution in [0.1, 0.15) is 13.3 Å². The molecule has 0 aliphatic heterocycles. The maximum absolute atomic E-state index is 11.3.